The highest BCUT2D eigenvalue weighted by molar-refractivity contribution is 7.99. The molecule has 8 rings (SSSR count). The van der Waals surface area contributed by atoms with Crippen LogP contribution < -0.4 is 10.6 Å². The summed E-state index contributed by atoms with van der Waals surface area (Å²) in [6.07, 6.45) is 6.11. The van der Waals surface area contributed by atoms with Crippen molar-refractivity contribution in [3.8, 4) is 0 Å². The van der Waals surface area contributed by atoms with Gasteiger partial charge in [-0.1, -0.05) is 48.7 Å². The number of benzene rings is 4. The average molecular weight is 899 g/mol. The number of esters is 4. The Morgan fingerprint density at radius 1 is 0.631 bits per heavy atom. The maximum Gasteiger partial charge on any atom is 0.339 e. The first-order chi connectivity index (χ1) is 31.1. The van der Waals surface area contributed by atoms with E-state index in [4.69, 9.17) is 18.9 Å². The molecule has 65 heavy (non-hydrogen) atoms. The van der Waals surface area contributed by atoms with Crippen molar-refractivity contribution in [2.45, 2.75) is 66.4 Å². The molecule has 4 saturated carbocycles. The lowest BCUT2D eigenvalue weighted by Gasteiger charge is -2.60. The largest absolute Gasteiger partial charge is 0.455 e. The van der Waals surface area contributed by atoms with Crippen LogP contribution in [-0.4, -0.2) is 78.7 Å². The Balaban J connectivity index is 1.10. The zero-order valence-corrected chi connectivity index (χ0v) is 36.6. The Bertz CT molecular complexity index is 2640. The second-order valence-electron chi connectivity index (χ2n) is 16.6. The van der Waals surface area contributed by atoms with Gasteiger partial charge in [0.2, 0.25) is 0 Å². The molecule has 0 aliphatic heterocycles. The number of hydrogen-bond donors (Lipinski definition) is 2. The molecule has 4 aliphatic carbocycles. The SMILES string of the molecule is C=CC(=O)COC(=O)c1ccc(Sc2ccc(C(=O)OCC(=O)C=C)c(C(=O)Nc3cccc(C(=O)OC45CC6CC(CC(OC(=O)c7cccc(C)c7)(C6)C4)C5)c3)c2)cc1C(=O)NC. The highest BCUT2D eigenvalue weighted by Gasteiger charge is 2.61. The number of aryl methyl sites for hydroxylation is 1. The van der Waals surface area contributed by atoms with E-state index in [-0.39, 0.29) is 45.3 Å². The molecule has 15 heteroatoms. The molecule has 334 valence electrons. The molecule has 2 amide bonds. The molecule has 4 fully saturated rings. The summed E-state index contributed by atoms with van der Waals surface area (Å²) in [5.74, 6) is -4.83. The van der Waals surface area contributed by atoms with E-state index in [1.807, 2.05) is 19.1 Å². The van der Waals surface area contributed by atoms with E-state index in [0.29, 0.717) is 47.5 Å². The molecule has 4 aliphatic rings. The second-order valence-corrected chi connectivity index (χ2v) is 17.7. The van der Waals surface area contributed by atoms with Crippen LogP contribution in [0.5, 0.6) is 0 Å². The van der Waals surface area contributed by atoms with Crippen molar-refractivity contribution in [2.24, 2.45) is 11.8 Å². The second kappa shape index (κ2) is 19.3. The van der Waals surface area contributed by atoms with Crippen molar-refractivity contribution < 1.29 is 57.3 Å². The van der Waals surface area contributed by atoms with Gasteiger partial charge >= 0.3 is 23.9 Å². The number of nitrogens with one attached hydrogen (secondary N) is 2. The summed E-state index contributed by atoms with van der Waals surface area (Å²) in [5.41, 5.74) is -0.214. The summed E-state index contributed by atoms with van der Waals surface area (Å²) in [5, 5.41) is 5.23. The molecule has 0 spiro atoms. The van der Waals surface area contributed by atoms with Crippen LogP contribution in [0.15, 0.2) is 120 Å². The Morgan fingerprint density at radius 2 is 1.12 bits per heavy atom. The number of rotatable bonds is 17. The van der Waals surface area contributed by atoms with Gasteiger partial charge in [-0.25, -0.2) is 19.2 Å². The van der Waals surface area contributed by atoms with Crippen LogP contribution >= 0.6 is 11.8 Å². The topological polar surface area (TPSA) is 198 Å². The third-order valence-corrected chi connectivity index (χ3v) is 12.7. The molecule has 0 saturated heterocycles. The standard InChI is InChI=1S/C50H46N2O12S/c1-5-35(53)26-61-47(59)39-15-13-37(20-41(39)43(55)51-4)65-38-14-16-40(48(60)62-27-36(54)6-2)42(21-38)44(56)52-34-12-8-11-33(19-34)46(58)64-50-24-30-18-31(25-50)23-49(22-30,28-50)63-45(57)32-10-7-9-29(3)17-32/h5-17,19-21,30-31H,1-2,18,22-28H2,3-4H3,(H,51,55)(H,52,56). The van der Waals surface area contributed by atoms with Gasteiger partial charge in [0.15, 0.2) is 24.8 Å². The Hall–Kier alpha value is -7.13. The molecule has 0 heterocycles. The average Bonchev–Trinajstić information content (AvgIpc) is 3.28. The molecule has 0 aromatic heterocycles. The van der Waals surface area contributed by atoms with Gasteiger partial charge in [-0.05, 0) is 130 Å². The number of anilines is 1. The minimum absolute atomic E-state index is 0.0405. The lowest BCUT2D eigenvalue weighted by Crippen LogP contribution is -2.61. The van der Waals surface area contributed by atoms with E-state index >= 15 is 0 Å². The zero-order chi connectivity index (χ0) is 46.5. The number of ketones is 2. The highest BCUT2D eigenvalue weighted by Crippen LogP contribution is 2.60. The van der Waals surface area contributed by atoms with Crippen molar-refractivity contribution in [1.29, 1.82) is 0 Å². The molecule has 4 aromatic carbocycles. The van der Waals surface area contributed by atoms with Crippen LogP contribution in [-0.2, 0) is 28.5 Å². The fraction of sp³-hybridized carbons (Fsp3) is 0.280. The van der Waals surface area contributed by atoms with Crippen LogP contribution in [0.4, 0.5) is 5.69 Å². The minimum Gasteiger partial charge on any atom is -0.455 e. The molecule has 14 nitrogen and oxygen atoms in total. The highest BCUT2D eigenvalue weighted by atomic mass is 32.2. The summed E-state index contributed by atoms with van der Waals surface area (Å²) in [6.45, 7) is 7.48. The van der Waals surface area contributed by atoms with Crippen LogP contribution in [0.2, 0.25) is 0 Å². The molecule has 2 unspecified atom stereocenters. The van der Waals surface area contributed by atoms with Gasteiger partial charge in [0.05, 0.1) is 33.4 Å². The maximum atomic E-state index is 14.1. The third-order valence-electron chi connectivity index (χ3n) is 11.7. The lowest BCUT2D eigenvalue weighted by atomic mass is 9.52. The smallest absolute Gasteiger partial charge is 0.339 e. The summed E-state index contributed by atoms with van der Waals surface area (Å²) >= 11 is 1.10. The predicted octanol–water partition coefficient (Wildman–Crippen LogP) is 7.69. The first kappa shape index (κ1) is 45.9. The molecular weight excluding hydrogens is 853 g/mol. The normalized spacial score (nSPS) is 20.1. The van der Waals surface area contributed by atoms with E-state index < -0.39 is 71.7 Å². The summed E-state index contributed by atoms with van der Waals surface area (Å²) in [4.78, 5) is 105. The quantitative estimate of drug-likeness (QED) is 0.0595. The summed E-state index contributed by atoms with van der Waals surface area (Å²) in [7, 11) is 1.38. The van der Waals surface area contributed by atoms with Crippen molar-refractivity contribution in [1.82, 2.24) is 5.32 Å². The van der Waals surface area contributed by atoms with Gasteiger partial charge in [0, 0.05) is 28.9 Å². The Labute approximate surface area is 379 Å². The van der Waals surface area contributed by atoms with Gasteiger partial charge in [-0.3, -0.25) is 19.2 Å². The Kier molecular flexibility index (Phi) is 13.6. The molecule has 2 atom stereocenters. The van der Waals surface area contributed by atoms with E-state index in [0.717, 1.165) is 35.9 Å². The third kappa shape index (κ3) is 10.6. The van der Waals surface area contributed by atoms with Crippen molar-refractivity contribution in [2.75, 3.05) is 25.6 Å². The fourth-order valence-corrected chi connectivity index (χ4v) is 10.2. The monoisotopic (exact) mass is 898 g/mol. The molecule has 0 radical (unpaired) electrons. The molecule has 4 bridgehead atoms. The number of hydrogen-bond acceptors (Lipinski definition) is 13. The number of carbonyl (C=O) groups excluding carboxylic acids is 8. The Morgan fingerprint density at radius 3 is 1.62 bits per heavy atom. The molecule has 4 aromatic rings. The van der Waals surface area contributed by atoms with Crippen molar-refractivity contribution in [3.05, 3.63) is 149 Å². The minimum atomic E-state index is -0.961. The van der Waals surface area contributed by atoms with Crippen molar-refractivity contribution >= 4 is 64.7 Å². The van der Waals surface area contributed by atoms with Gasteiger partial charge < -0.3 is 29.6 Å². The van der Waals surface area contributed by atoms with Crippen molar-refractivity contribution in [3.63, 3.8) is 0 Å². The summed E-state index contributed by atoms with van der Waals surface area (Å²) < 4.78 is 22.9. The predicted molar refractivity (Wildman–Crippen MR) is 238 cm³/mol. The zero-order valence-electron chi connectivity index (χ0n) is 35.8. The van der Waals surface area contributed by atoms with Crippen LogP contribution in [0.3, 0.4) is 0 Å². The van der Waals surface area contributed by atoms with Gasteiger partial charge in [-0.2, -0.15) is 0 Å². The number of amides is 2. The molecule has 2 N–H and O–H groups in total. The first-order valence-electron chi connectivity index (χ1n) is 20.9. The van der Waals surface area contributed by atoms with E-state index in [9.17, 15) is 38.4 Å². The van der Waals surface area contributed by atoms with E-state index in [1.54, 1.807) is 30.3 Å². The number of ether oxygens (including phenoxy) is 4. The summed E-state index contributed by atoms with van der Waals surface area (Å²) in [6, 6.07) is 22.1. The first-order valence-corrected chi connectivity index (χ1v) is 21.7. The van der Waals surface area contributed by atoms with Crippen LogP contribution in [0.1, 0.15) is 106 Å². The van der Waals surface area contributed by atoms with Crippen LogP contribution in [0, 0.1) is 18.8 Å². The van der Waals surface area contributed by atoms with Gasteiger partial charge in [0.1, 0.15) is 11.2 Å². The number of carbonyl (C=O) groups is 8. The lowest BCUT2D eigenvalue weighted by molar-refractivity contribution is -0.200. The van der Waals surface area contributed by atoms with Gasteiger partial charge in [-0.15, -0.1) is 0 Å². The molecular formula is C50H46N2O12S. The maximum absolute atomic E-state index is 14.1. The van der Waals surface area contributed by atoms with Gasteiger partial charge in [0.25, 0.3) is 11.8 Å². The van der Waals surface area contributed by atoms with E-state index in [1.165, 1.54) is 49.5 Å². The van der Waals surface area contributed by atoms with E-state index in [2.05, 4.69) is 23.8 Å². The fourth-order valence-electron chi connectivity index (χ4n) is 9.26. The van der Waals surface area contributed by atoms with Crippen LogP contribution in [0.25, 0.3) is 0 Å².